The van der Waals surface area contributed by atoms with E-state index in [0.717, 1.165) is 10.5 Å². The summed E-state index contributed by atoms with van der Waals surface area (Å²) in [5.41, 5.74) is 1.42. The second-order valence-electron chi connectivity index (χ2n) is 3.20. The Labute approximate surface area is 98.6 Å². The molecule has 0 bridgehead atoms. The molecule has 1 N–H and O–H groups in total. The third kappa shape index (κ3) is 2.97. The summed E-state index contributed by atoms with van der Waals surface area (Å²) in [4.78, 5) is 12.2. The van der Waals surface area contributed by atoms with E-state index in [9.17, 15) is 9.90 Å². The van der Waals surface area contributed by atoms with Crippen LogP contribution in [0, 0.1) is 0 Å². The van der Waals surface area contributed by atoms with Crippen LogP contribution in [0.3, 0.4) is 0 Å². The van der Waals surface area contributed by atoms with Crippen molar-refractivity contribution in [2.75, 3.05) is 6.26 Å². The molecule has 1 aromatic rings. The van der Waals surface area contributed by atoms with E-state index in [1.165, 1.54) is 6.92 Å². The first kappa shape index (κ1) is 12.6. The van der Waals surface area contributed by atoms with Crippen molar-refractivity contribution in [3.05, 3.63) is 29.3 Å². The number of alkyl halides is 1. The zero-order valence-corrected chi connectivity index (χ0v) is 10.2. The van der Waals surface area contributed by atoms with Gasteiger partial charge in [0.2, 0.25) is 0 Å². The number of benzene rings is 1. The van der Waals surface area contributed by atoms with Crippen LogP contribution >= 0.6 is 23.4 Å². The number of aliphatic hydroxyl groups is 1. The fraction of sp³-hybridized carbons (Fsp3) is 0.364. The molecular weight excluding hydrogens is 232 g/mol. The number of carbonyl (C=O) groups is 1. The molecule has 1 atom stereocenters. The Morgan fingerprint density at radius 1 is 1.60 bits per heavy atom. The highest BCUT2D eigenvalue weighted by atomic mass is 35.5. The van der Waals surface area contributed by atoms with Crippen LogP contribution in [-0.2, 0) is 11.4 Å². The van der Waals surface area contributed by atoms with E-state index in [0.29, 0.717) is 5.56 Å². The minimum atomic E-state index is -0.664. The molecule has 0 saturated heterocycles. The van der Waals surface area contributed by atoms with Gasteiger partial charge in [-0.1, -0.05) is 6.07 Å². The summed E-state index contributed by atoms with van der Waals surface area (Å²) in [6.07, 6.45) is 1.96. The van der Waals surface area contributed by atoms with Crippen LogP contribution in [0.4, 0.5) is 0 Å². The van der Waals surface area contributed by atoms with Crippen LogP contribution in [-0.4, -0.2) is 17.1 Å². The predicted molar refractivity (Wildman–Crippen MR) is 63.4 cm³/mol. The van der Waals surface area contributed by atoms with Crippen LogP contribution in [0.1, 0.15) is 23.4 Å². The molecule has 0 aromatic heterocycles. The maximum atomic E-state index is 11.1. The minimum absolute atomic E-state index is 0.0970. The zero-order valence-electron chi connectivity index (χ0n) is 8.66. The molecule has 0 heterocycles. The summed E-state index contributed by atoms with van der Waals surface area (Å²) in [5.74, 6) is -0.108. The number of aliphatic hydroxyl groups excluding tert-OH is 1. The van der Waals surface area contributed by atoms with Gasteiger partial charge >= 0.3 is 0 Å². The average molecular weight is 245 g/mol. The van der Waals surface area contributed by atoms with E-state index in [4.69, 9.17) is 11.6 Å². The molecule has 0 aliphatic carbocycles. The quantitative estimate of drug-likeness (QED) is 0.654. The second kappa shape index (κ2) is 5.54. The van der Waals surface area contributed by atoms with Gasteiger partial charge in [0.1, 0.15) is 5.38 Å². The summed E-state index contributed by atoms with van der Waals surface area (Å²) in [5, 5.41) is 8.53. The topological polar surface area (TPSA) is 37.3 Å². The lowest BCUT2D eigenvalue weighted by atomic mass is 10.0. The molecular formula is C11H13ClO2S. The van der Waals surface area contributed by atoms with Crippen molar-refractivity contribution < 1.29 is 9.90 Å². The first-order valence-corrected chi connectivity index (χ1v) is 6.18. The van der Waals surface area contributed by atoms with Crippen molar-refractivity contribution in [1.29, 1.82) is 0 Å². The van der Waals surface area contributed by atoms with Crippen molar-refractivity contribution in [3.63, 3.8) is 0 Å². The van der Waals surface area contributed by atoms with Gasteiger partial charge in [-0.15, -0.1) is 23.4 Å². The first-order valence-electron chi connectivity index (χ1n) is 4.52. The molecule has 2 nitrogen and oxygen atoms in total. The van der Waals surface area contributed by atoms with E-state index in [-0.39, 0.29) is 12.4 Å². The molecule has 15 heavy (non-hydrogen) atoms. The molecule has 1 aromatic carbocycles. The molecule has 0 spiro atoms. The maximum absolute atomic E-state index is 11.1. The highest BCUT2D eigenvalue weighted by molar-refractivity contribution is 7.98. The van der Waals surface area contributed by atoms with Gasteiger partial charge in [0.05, 0.1) is 6.61 Å². The predicted octanol–water partition coefficient (Wildman–Crippen LogP) is 2.77. The number of rotatable bonds is 4. The van der Waals surface area contributed by atoms with Gasteiger partial charge < -0.3 is 5.11 Å². The van der Waals surface area contributed by atoms with Gasteiger partial charge in [0.25, 0.3) is 0 Å². The molecule has 1 unspecified atom stereocenters. The third-order valence-electron chi connectivity index (χ3n) is 2.15. The second-order valence-corrected chi connectivity index (χ2v) is 4.51. The normalized spacial score (nSPS) is 12.5. The SMILES string of the molecule is CSc1ccc(C(Cl)C(C)=O)c(CO)c1. The summed E-state index contributed by atoms with van der Waals surface area (Å²) in [6, 6.07) is 5.56. The average Bonchev–Trinajstić information content (AvgIpc) is 2.27. The minimum Gasteiger partial charge on any atom is -0.392 e. The van der Waals surface area contributed by atoms with Gasteiger partial charge in [-0.05, 0) is 36.4 Å². The Morgan fingerprint density at radius 3 is 2.73 bits per heavy atom. The molecule has 4 heteroatoms. The smallest absolute Gasteiger partial charge is 0.152 e. The van der Waals surface area contributed by atoms with Crippen LogP contribution in [0.15, 0.2) is 23.1 Å². The van der Waals surface area contributed by atoms with E-state index in [2.05, 4.69) is 0 Å². The zero-order chi connectivity index (χ0) is 11.4. The van der Waals surface area contributed by atoms with Gasteiger partial charge in [-0.25, -0.2) is 0 Å². The fourth-order valence-electron chi connectivity index (χ4n) is 1.31. The van der Waals surface area contributed by atoms with Crippen molar-refractivity contribution >= 4 is 29.1 Å². The van der Waals surface area contributed by atoms with Gasteiger partial charge in [-0.2, -0.15) is 0 Å². The van der Waals surface area contributed by atoms with E-state index >= 15 is 0 Å². The number of carbonyl (C=O) groups excluding carboxylic acids is 1. The van der Waals surface area contributed by atoms with Gasteiger partial charge in [-0.3, -0.25) is 4.79 Å². The molecule has 0 fully saturated rings. The van der Waals surface area contributed by atoms with Crippen LogP contribution in [0.25, 0.3) is 0 Å². The van der Waals surface area contributed by atoms with E-state index < -0.39 is 5.38 Å². The Kier molecular flexibility index (Phi) is 4.64. The number of ketones is 1. The molecule has 0 saturated carbocycles. The molecule has 1 rings (SSSR count). The first-order chi connectivity index (χ1) is 7.10. The number of halogens is 1. The standard InChI is InChI=1S/C11H13ClO2S/c1-7(14)11(12)10-4-3-9(15-2)5-8(10)6-13/h3-5,11,13H,6H2,1-2H3. The monoisotopic (exact) mass is 244 g/mol. The van der Waals surface area contributed by atoms with Crippen molar-refractivity contribution in [1.82, 2.24) is 0 Å². The molecule has 0 radical (unpaired) electrons. The molecule has 0 aliphatic heterocycles. The largest absolute Gasteiger partial charge is 0.392 e. The number of hydrogen-bond donors (Lipinski definition) is 1. The maximum Gasteiger partial charge on any atom is 0.152 e. The van der Waals surface area contributed by atoms with Gasteiger partial charge in [0, 0.05) is 4.90 Å². The number of thioether (sulfide) groups is 1. The van der Waals surface area contributed by atoms with Crippen LogP contribution < -0.4 is 0 Å². The van der Waals surface area contributed by atoms with Crippen LogP contribution in [0.2, 0.25) is 0 Å². The molecule has 82 valence electrons. The summed E-state index contributed by atoms with van der Waals surface area (Å²) >= 11 is 7.54. The Hall–Kier alpha value is -0.510. The molecule has 0 amide bonds. The number of Topliss-reactive ketones (excluding diaryl/α,β-unsaturated/α-hetero) is 1. The summed E-state index contributed by atoms with van der Waals surface area (Å²) in [6.45, 7) is 1.35. The Bertz CT molecular complexity index is 366. The Balaban J connectivity index is 3.12. The lowest BCUT2D eigenvalue weighted by Crippen LogP contribution is -2.05. The van der Waals surface area contributed by atoms with Crippen molar-refractivity contribution in [3.8, 4) is 0 Å². The van der Waals surface area contributed by atoms with Crippen molar-refractivity contribution in [2.45, 2.75) is 23.8 Å². The van der Waals surface area contributed by atoms with E-state index in [1.807, 2.05) is 18.4 Å². The lowest BCUT2D eigenvalue weighted by Gasteiger charge is -2.12. The third-order valence-corrected chi connectivity index (χ3v) is 3.42. The Morgan fingerprint density at radius 2 is 2.27 bits per heavy atom. The lowest BCUT2D eigenvalue weighted by molar-refractivity contribution is -0.116. The molecule has 0 aliphatic rings. The van der Waals surface area contributed by atoms with Gasteiger partial charge in [0.15, 0.2) is 5.78 Å². The van der Waals surface area contributed by atoms with Crippen LogP contribution in [0.5, 0.6) is 0 Å². The summed E-state index contributed by atoms with van der Waals surface area (Å²) < 4.78 is 0. The fourth-order valence-corrected chi connectivity index (χ4v) is 1.99. The highest BCUT2D eigenvalue weighted by Gasteiger charge is 2.16. The number of hydrogen-bond acceptors (Lipinski definition) is 3. The highest BCUT2D eigenvalue weighted by Crippen LogP contribution is 2.28. The van der Waals surface area contributed by atoms with Crippen molar-refractivity contribution in [2.24, 2.45) is 0 Å². The summed E-state index contributed by atoms with van der Waals surface area (Å²) in [7, 11) is 0. The van der Waals surface area contributed by atoms with E-state index in [1.54, 1.807) is 17.8 Å².